The van der Waals surface area contributed by atoms with Gasteiger partial charge in [-0.25, -0.2) is 0 Å². The summed E-state index contributed by atoms with van der Waals surface area (Å²) in [5, 5.41) is 6.80. The second-order valence-corrected chi connectivity index (χ2v) is 7.69. The van der Waals surface area contributed by atoms with Crippen molar-refractivity contribution < 1.29 is 9.47 Å². The van der Waals surface area contributed by atoms with Crippen LogP contribution >= 0.6 is 0 Å². The Morgan fingerprint density at radius 2 is 2.19 bits per heavy atom. The minimum atomic E-state index is 0.240. The summed E-state index contributed by atoms with van der Waals surface area (Å²) < 4.78 is 11.8. The lowest BCUT2D eigenvalue weighted by molar-refractivity contribution is -0.0453. The molecule has 0 aliphatic carbocycles. The third kappa shape index (κ3) is 6.48. The van der Waals surface area contributed by atoms with Crippen LogP contribution in [-0.2, 0) is 16.1 Å². The van der Waals surface area contributed by atoms with Crippen LogP contribution in [0, 0.1) is 5.92 Å². The van der Waals surface area contributed by atoms with Gasteiger partial charge in [0.2, 0.25) is 0 Å². The molecule has 1 aromatic carbocycles. The molecule has 0 aromatic heterocycles. The summed E-state index contributed by atoms with van der Waals surface area (Å²) in [5.74, 6) is 1.24. The first-order valence-electron chi connectivity index (χ1n) is 10.2. The summed E-state index contributed by atoms with van der Waals surface area (Å²) in [4.78, 5) is 6.89. The quantitative estimate of drug-likeness (QED) is 0.537. The highest BCUT2D eigenvalue weighted by molar-refractivity contribution is 5.79. The number of aliphatic imine (C=N–C) groups is 1. The van der Waals surface area contributed by atoms with Crippen LogP contribution in [0.4, 0.5) is 0 Å². The molecule has 2 N–H and O–H groups in total. The Hall–Kier alpha value is -1.63. The molecule has 0 radical (unpaired) electrons. The fourth-order valence-corrected chi connectivity index (χ4v) is 3.72. The van der Waals surface area contributed by atoms with E-state index < -0.39 is 0 Å². The number of benzene rings is 1. The first-order valence-corrected chi connectivity index (χ1v) is 10.2. The van der Waals surface area contributed by atoms with E-state index in [0.717, 1.165) is 38.8 Å². The number of nitrogens with one attached hydrogen (secondary N) is 2. The van der Waals surface area contributed by atoms with Crippen LogP contribution in [0.15, 0.2) is 35.3 Å². The molecule has 2 fully saturated rings. The fraction of sp³-hybridized carbons (Fsp3) is 0.667. The van der Waals surface area contributed by atoms with Gasteiger partial charge in [0.1, 0.15) is 0 Å². The molecule has 0 saturated carbocycles. The van der Waals surface area contributed by atoms with Crippen LogP contribution in [0.1, 0.15) is 25.3 Å². The number of hydrogen-bond donors (Lipinski definition) is 2. The third-order valence-corrected chi connectivity index (χ3v) is 5.31. The maximum Gasteiger partial charge on any atom is 0.191 e. The van der Waals surface area contributed by atoms with Crippen LogP contribution in [-0.4, -0.2) is 69.4 Å². The maximum atomic E-state index is 6.00. The largest absolute Gasteiger partial charge is 0.376 e. The second-order valence-electron chi connectivity index (χ2n) is 7.69. The lowest BCUT2D eigenvalue weighted by Crippen LogP contribution is -2.51. The maximum absolute atomic E-state index is 6.00. The van der Waals surface area contributed by atoms with Gasteiger partial charge in [-0.3, -0.25) is 9.89 Å². The normalized spacial score (nSPS) is 24.4. The lowest BCUT2D eigenvalue weighted by atomic mass is 10.2. The zero-order chi connectivity index (χ0) is 18.9. The Balaban J connectivity index is 1.29. The molecule has 0 spiro atoms. The molecule has 0 bridgehead atoms. The molecule has 2 heterocycles. The Kier molecular flexibility index (Phi) is 7.93. The number of nitrogens with zero attached hydrogens (tertiary/aromatic N) is 2. The number of ether oxygens (including phenoxy) is 2. The highest BCUT2D eigenvalue weighted by Crippen LogP contribution is 2.22. The molecular formula is C21H34N4O2. The van der Waals surface area contributed by atoms with Crippen LogP contribution in [0.2, 0.25) is 0 Å². The molecule has 2 saturated heterocycles. The smallest absolute Gasteiger partial charge is 0.191 e. The first kappa shape index (κ1) is 20.1. The van der Waals surface area contributed by atoms with E-state index >= 15 is 0 Å². The van der Waals surface area contributed by atoms with E-state index in [0.29, 0.717) is 18.6 Å². The molecule has 1 aromatic rings. The summed E-state index contributed by atoms with van der Waals surface area (Å²) in [6.07, 6.45) is 2.83. The van der Waals surface area contributed by atoms with E-state index in [4.69, 9.17) is 9.47 Å². The van der Waals surface area contributed by atoms with Crippen molar-refractivity contribution in [1.29, 1.82) is 0 Å². The first-order chi connectivity index (χ1) is 13.2. The van der Waals surface area contributed by atoms with Gasteiger partial charge in [-0.2, -0.15) is 0 Å². The topological polar surface area (TPSA) is 58.1 Å². The molecule has 150 valence electrons. The highest BCUT2D eigenvalue weighted by atomic mass is 16.5. The molecule has 3 atom stereocenters. The van der Waals surface area contributed by atoms with Gasteiger partial charge in [0.05, 0.1) is 25.9 Å². The van der Waals surface area contributed by atoms with Crippen molar-refractivity contribution in [2.45, 2.75) is 38.5 Å². The Morgan fingerprint density at radius 1 is 1.33 bits per heavy atom. The van der Waals surface area contributed by atoms with Crippen molar-refractivity contribution in [3.05, 3.63) is 35.9 Å². The van der Waals surface area contributed by atoms with Crippen LogP contribution in [0.3, 0.4) is 0 Å². The Labute approximate surface area is 163 Å². The number of rotatable bonds is 8. The molecule has 3 rings (SSSR count). The van der Waals surface area contributed by atoms with Crippen LogP contribution in [0.25, 0.3) is 0 Å². The van der Waals surface area contributed by atoms with E-state index in [9.17, 15) is 0 Å². The van der Waals surface area contributed by atoms with E-state index in [-0.39, 0.29) is 6.10 Å². The van der Waals surface area contributed by atoms with Gasteiger partial charge >= 0.3 is 0 Å². The Morgan fingerprint density at radius 3 is 3.00 bits per heavy atom. The summed E-state index contributed by atoms with van der Waals surface area (Å²) in [6.45, 7) is 8.30. The van der Waals surface area contributed by atoms with E-state index in [1.54, 1.807) is 0 Å². The summed E-state index contributed by atoms with van der Waals surface area (Å²) in [7, 11) is 1.81. The predicted octanol–water partition coefficient (Wildman–Crippen LogP) is 1.87. The average Bonchev–Trinajstić information content (AvgIpc) is 3.17. The molecule has 27 heavy (non-hydrogen) atoms. The molecular weight excluding hydrogens is 340 g/mol. The van der Waals surface area contributed by atoms with Gasteiger partial charge in [0.15, 0.2) is 5.96 Å². The SMILES string of the molecule is CN=C(NCC(C)COCc1ccccc1)NCC1CN2CCCC2CO1. The van der Waals surface area contributed by atoms with E-state index in [1.165, 1.54) is 24.9 Å². The number of fused-ring (bicyclic) bond motifs is 1. The van der Waals surface area contributed by atoms with Gasteiger partial charge in [-0.05, 0) is 30.9 Å². The van der Waals surface area contributed by atoms with Crippen molar-refractivity contribution in [3.8, 4) is 0 Å². The average molecular weight is 375 g/mol. The van der Waals surface area contributed by atoms with Gasteiger partial charge in [-0.1, -0.05) is 37.3 Å². The number of hydrogen-bond acceptors (Lipinski definition) is 4. The van der Waals surface area contributed by atoms with Crippen molar-refractivity contribution in [2.75, 3.05) is 46.4 Å². The van der Waals surface area contributed by atoms with Crippen molar-refractivity contribution in [1.82, 2.24) is 15.5 Å². The summed E-state index contributed by atoms with van der Waals surface area (Å²) in [6, 6.07) is 10.9. The van der Waals surface area contributed by atoms with Gasteiger partial charge < -0.3 is 20.1 Å². The van der Waals surface area contributed by atoms with Crippen molar-refractivity contribution >= 4 is 5.96 Å². The highest BCUT2D eigenvalue weighted by Gasteiger charge is 2.32. The van der Waals surface area contributed by atoms with E-state index in [2.05, 4.69) is 39.6 Å². The Bertz CT molecular complexity index is 581. The standard InChI is InChI=1S/C21H34N4O2/c1-17(14-26-15-18-7-4-3-5-8-18)11-23-21(22-2)24-12-20-13-25-10-6-9-19(25)16-27-20/h3-5,7-8,17,19-20H,6,9-16H2,1-2H3,(H2,22,23,24). The van der Waals surface area contributed by atoms with E-state index in [1.807, 2.05) is 25.2 Å². The van der Waals surface area contributed by atoms with Crippen LogP contribution in [0.5, 0.6) is 0 Å². The van der Waals surface area contributed by atoms with Crippen molar-refractivity contribution in [2.24, 2.45) is 10.9 Å². The number of morpholine rings is 1. The zero-order valence-corrected chi connectivity index (χ0v) is 16.7. The van der Waals surface area contributed by atoms with Crippen molar-refractivity contribution in [3.63, 3.8) is 0 Å². The molecule has 6 heteroatoms. The molecule has 2 aliphatic rings. The lowest BCUT2D eigenvalue weighted by Gasteiger charge is -2.35. The van der Waals surface area contributed by atoms with Gasteiger partial charge in [-0.15, -0.1) is 0 Å². The minimum Gasteiger partial charge on any atom is -0.376 e. The molecule has 2 aliphatic heterocycles. The molecule has 3 unspecified atom stereocenters. The van der Waals surface area contributed by atoms with Gasteiger partial charge in [0, 0.05) is 32.7 Å². The summed E-state index contributed by atoms with van der Waals surface area (Å²) in [5.41, 5.74) is 1.21. The minimum absolute atomic E-state index is 0.240. The fourth-order valence-electron chi connectivity index (χ4n) is 3.72. The third-order valence-electron chi connectivity index (χ3n) is 5.31. The van der Waals surface area contributed by atoms with Gasteiger partial charge in [0.25, 0.3) is 0 Å². The zero-order valence-electron chi connectivity index (χ0n) is 16.7. The second kappa shape index (κ2) is 10.6. The summed E-state index contributed by atoms with van der Waals surface area (Å²) >= 11 is 0. The number of guanidine groups is 1. The van der Waals surface area contributed by atoms with Crippen LogP contribution < -0.4 is 10.6 Å². The molecule has 6 nitrogen and oxygen atoms in total. The monoisotopic (exact) mass is 374 g/mol. The molecule has 0 amide bonds. The predicted molar refractivity (Wildman–Crippen MR) is 109 cm³/mol.